The molecule has 3 amide bonds. The summed E-state index contributed by atoms with van der Waals surface area (Å²) in [4.78, 5) is 31.0. The van der Waals surface area contributed by atoms with E-state index in [-0.39, 0.29) is 35.6 Å². The Bertz CT molecular complexity index is 769. The lowest BCUT2D eigenvalue weighted by Crippen LogP contribution is -2.72. The van der Waals surface area contributed by atoms with E-state index < -0.39 is 0 Å². The lowest BCUT2D eigenvalue weighted by Gasteiger charge is -2.50. The number of nitrogens with zero attached hydrogens (tertiary/aromatic N) is 3. The highest BCUT2D eigenvalue weighted by Gasteiger charge is 2.51. The molecule has 3 heterocycles. The number of carbonyl (C=O) groups is 2. The predicted octanol–water partition coefficient (Wildman–Crippen LogP) is 1.81. The van der Waals surface area contributed by atoms with Gasteiger partial charge in [0.05, 0.1) is 23.6 Å². The molecule has 0 radical (unpaired) electrons. The molecule has 3 fully saturated rings. The molecule has 8 heteroatoms. The van der Waals surface area contributed by atoms with Crippen molar-refractivity contribution in [3.05, 3.63) is 35.4 Å². The molecular weight excluding hydrogens is 386 g/mol. The molecule has 1 aromatic rings. The SMILES string of the molecule is Cc1ccccc1C1NC(SCCN2CCCC2)C2C(=O)N(C)C(=O)N(C)C2N1. The van der Waals surface area contributed by atoms with Gasteiger partial charge in [0.15, 0.2) is 0 Å². The second kappa shape index (κ2) is 8.63. The zero-order chi connectivity index (χ0) is 20.5. The molecule has 4 rings (SSSR count). The molecule has 1 aromatic carbocycles. The van der Waals surface area contributed by atoms with Crippen LogP contribution in [0, 0.1) is 12.8 Å². The minimum Gasteiger partial charge on any atom is -0.311 e. The lowest BCUT2D eigenvalue weighted by atomic mass is 9.95. The molecule has 158 valence electrons. The van der Waals surface area contributed by atoms with Crippen LogP contribution in [-0.2, 0) is 4.79 Å². The maximum Gasteiger partial charge on any atom is 0.327 e. The summed E-state index contributed by atoms with van der Waals surface area (Å²) in [6.45, 7) is 5.49. The van der Waals surface area contributed by atoms with Gasteiger partial charge >= 0.3 is 6.03 Å². The molecule has 2 N–H and O–H groups in total. The van der Waals surface area contributed by atoms with E-state index in [2.05, 4.69) is 34.6 Å². The maximum absolute atomic E-state index is 13.0. The number of carbonyl (C=O) groups excluding carboxylic acids is 2. The molecule has 0 spiro atoms. The highest BCUT2D eigenvalue weighted by atomic mass is 32.2. The summed E-state index contributed by atoms with van der Waals surface area (Å²) in [5.41, 5.74) is 2.34. The van der Waals surface area contributed by atoms with Crippen LogP contribution >= 0.6 is 11.8 Å². The van der Waals surface area contributed by atoms with Gasteiger partial charge in [0.2, 0.25) is 5.91 Å². The van der Waals surface area contributed by atoms with Gasteiger partial charge in [-0.3, -0.25) is 20.3 Å². The van der Waals surface area contributed by atoms with Crippen LogP contribution in [-0.4, -0.2) is 77.7 Å². The van der Waals surface area contributed by atoms with Crippen molar-refractivity contribution < 1.29 is 9.59 Å². The van der Waals surface area contributed by atoms with Crippen molar-refractivity contribution in [2.24, 2.45) is 5.92 Å². The van der Waals surface area contributed by atoms with Crippen LogP contribution in [0.5, 0.6) is 0 Å². The average molecular weight is 418 g/mol. The first kappa shape index (κ1) is 20.7. The van der Waals surface area contributed by atoms with Gasteiger partial charge in [-0.2, -0.15) is 0 Å². The van der Waals surface area contributed by atoms with Crippen LogP contribution in [0.2, 0.25) is 0 Å². The predicted molar refractivity (Wildman–Crippen MR) is 115 cm³/mol. The molecule has 3 saturated heterocycles. The van der Waals surface area contributed by atoms with E-state index in [1.165, 1.54) is 36.4 Å². The molecular formula is C21H31N5O2S. The van der Waals surface area contributed by atoms with E-state index in [4.69, 9.17) is 0 Å². The summed E-state index contributed by atoms with van der Waals surface area (Å²) >= 11 is 1.80. The largest absolute Gasteiger partial charge is 0.327 e. The van der Waals surface area contributed by atoms with Crippen molar-refractivity contribution in [2.75, 3.05) is 39.5 Å². The number of thioether (sulfide) groups is 1. The van der Waals surface area contributed by atoms with Gasteiger partial charge in [-0.25, -0.2) is 4.79 Å². The Morgan fingerprint density at radius 1 is 1.10 bits per heavy atom. The summed E-state index contributed by atoms with van der Waals surface area (Å²) in [5.74, 6) is 0.544. The Hall–Kier alpha value is -1.61. The van der Waals surface area contributed by atoms with Crippen LogP contribution in [0.1, 0.15) is 30.1 Å². The van der Waals surface area contributed by atoms with E-state index in [0.29, 0.717) is 0 Å². The monoisotopic (exact) mass is 417 g/mol. The third-order valence-corrected chi connectivity index (χ3v) is 7.57. The number of aryl methyl sites for hydroxylation is 1. The van der Waals surface area contributed by atoms with Crippen LogP contribution in [0.3, 0.4) is 0 Å². The van der Waals surface area contributed by atoms with Gasteiger partial charge in [0.1, 0.15) is 0 Å². The number of rotatable bonds is 5. The average Bonchev–Trinajstić information content (AvgIpc) is 3.24. The van der Waals surface area contributed by atoms with E-state index in [1.807, 2.05) is 12.1 Å². The van der Waals surface area contributed by atoms with Crippen molar-refractivity contribution in [2.45, 2.75) is 37.5 Å². The van der Waals surface area contributed by atoms with E-state index in [0.717, 1.165) is 17.9 Å². The third kappa shape index (κ3) is 4.03. The van der Waals surface area contributed by atoms with Gasteiger partial charge in [-0.05, 0) is 44.0 Å². The number of nitrogens with one attached hydrogen (secondary N) is 2. The Morgan fingerprint density at radius 2 is 1.83 bits per heavy atom. The Kier molecular flexibility index (Phi) is 6.15. The first-order valence-corrected chi connectivity index (χ1v) is 11.5. The fraction of sp³-hybridized carbons (Fsp3) is 0.619. The molecule has 3 aliphatic heterocycles. The lowest BCUT2D eigenvalue weighted by molar-refractivity contribution is -0.140. The van der Waals surface area contributed by atoms with Gasteiger partial charge in [-0.15, -0.1) is 11.8 Å². The van der Waals surface area contributed by atoms with Gasteiger partial charge in [0, 0.05) is 26.4 Å². The quantitative estimate of drug-likeness (QED) is 0.762. The Morgan fingerprint density at radius 3 is 2.55 bits per heavy atom. The molecule has 0 aromatic heterocycles. The molecule has 3 aliphatic rings. The number of benzene rings is 1. The number of likely N-dealkylation sites (tertiary alicyclic amines) is 1. The second-order valence-corrected chi connectivity index (χ2v) is 9.47. The Balaban J connectivity index is 1.56. The second-order valence-electron chi connectivity index (χ2n) is 8.22. The minimum absolute atomic E-state index is 0.0565. The summed E-state index contributed by atoms with van der Waals surface area (Å²) in [5, 5.41) is 7.14. The van der Waals surface area contributed by atoms with Crippen molar-refractivity contribution >= 4 is 23.7 Å². The van der Waals surface area contributed by atoms with Crippen molar-refractivity contribution in [3.8, 4) is 0 Å². The summed E-state index contributed by atoms with van der Waals surface area (Å²) in [7, 11) is 3.36. The van der Waals surface area contributed by atoms with E-state index >= 15 is 0 Å². The molecule has 4 unspecified atom stereocenters. The summed E-state index contributed by atoms with van der Waals surface area (Å²) in [6, 6.07) is 8.00. The zero-order valence-electron chi connectivity index (χ0n) is 17.4. The minimum atomic E-state index is -0.318. The van der Waals surface area contributed by atoms with Crippen molar-refractivity contribution in [1.82, 2.24) is 25.3 Å². The normalized spacial score (nSPS) is 30.7. The number of hydrogen-bond acceptors (Lipinski definition) is 6. The first-order valence-electron chi connectivity index (χ1n) is 10.4. The summed E-state index contributed by atoms with van der Waals surface area (Å²) < 4.78 is 0. The van der Waals surface area contributed by atoms with Crippen LogP contribution in [0.15, 0.2) is 24.3 Å². The van der Waals surface area contributed by atoms with Gasteiger partial charge in [0.25, 0.3) is 0 Å². The summed E-state index contributed by atoms with van der Waals surface area (Å²) in [6.07, 6.45) is 2.15. The molecule has 29 heavy (non-hydrogen) atoms. The van der Waals surface area contributed by atoms with Crippen molar-refractivity contribution in [1.29, 1.82) is 0 Å². The van der Waals surface area contributed by atoms with E-state index in [9.17, 15) is 9.59 Å². The standard InChI is InChI=1S/C21H31N5O2S/c1-14-8-4-5-9-15(14)17-22-18-16(20(27)25(3)21(28)24(18)2)19(23-17)29-13-12-26-10-6-7-11-26/h4-5,8-9,16-19,22-23H,6-7,10-13H2,1-3H3. The third-order valence-electron chi connectivity index (χ3n) is 6.36. The first-order chi connectivity index (χ1) is 14.0. The maximum atomic E-state index is 13.0. The Labute approximate surface area is 177 Å². The number of fused-ring (bicyclic) bond motifs is 1. The molecule has 7 nitrogen and oxygen atoms in total. The van der Waals surface area contributed by atoms with Crippen LogP contribution < -0.4 is 10.6 Å². The number of hydrogen-bond donors (Lipinski definition) is 2. The van der Waals surface area contributed by atoms with Crippen molar-refractivity contribution in [3.63, 3.8) is 0 Å². The highest BCUT2D eigenvalue weighted by molar-refractivity contribution is 7.99. The smallest absolute Gasteiger partial charge is 0.311 e. The van der Waals surface area contributed by atoms with Crippen LogP contribution in [0.25, 0.3) is 0 Å². The molecule has 0 saturated carbocycles. The zero-order valence-corrected chi connectivity index (χ0v) is 18.2. The van der Waals surface area contributed by atoms with Crippen LogP contribution in [0.4, 0.5) is 4.79 Å². The number of amides is 3. The molecule has 4 atom stereocenters. The van der Waals surface area contributed by atoms with Gasteiger partial charge in [-0.1, -0.05) is 24.3 Å². The van der Waals surface area contributed by atoms with Gasteiger partial charge < -0.3 is 9.80 Å². The molecule has 0 aliphatic carbocycles. The number of imide groups is 1. The number of urea groups is 1. The van der Waals surface area contributed by atoms with E-state index in [1.54, 1.807) is 30.8 Å². The topological polar surface area (TPSA) is 67.9 Å². The highest BCUT2D eigenvalue weighted by Crippen LogP contribution is 2.35. The fourth-order valence-electron chi connectivity index (χ4n) is 4.60. The molecule has 0 bridgehead atoms. The fourth-order valence-corrected chi connectivity index (χ4v) is 5.93.